The van der Waals surface area contributed by atoms with Crippen LogP contribution < -0.4 is 5.56 Å². The number of fused-ring (bicyclic) bond motifs is 1. The fourth-order valence-corrected chi connectivity index (χ4v) is 3.29. The van der Waals surface area contributed by atoms with E-state index in [0.717, 1.165) is 0 Å². The van der Waals surface area contributed by atoms with Gasteiger partial charge in [0.05, 0.1) is 28.2 Å². The number of nitrogens with zero attached hydrogens (tertiary/aromatic N) is 3. The number of benzene rings is 2. The highest BCUT2D eigenvalue weighted by molar-refractivity contribution is 7.99. The van der Waals surface area contributed by atoms with Crippen LogP contribution in [0.15, 0.2) is 58.5 Å². The van der Waals surface area contributed by atoms with E-state index in [0.29, 0.717) is 39.5 Å². The number of nitriles is 1. The van der Waals surface area contributed by atoms with Gasteiger partial charge in [0.15, 0.2) is 5.16 Å². The second-order valence-electron chi connectivity index (χ2n) is 5.14. The second-order valence-corrected chi connectivity index (χ2v) is 6.20. The normalized spacial score (nSPS) is 10.7. The van der Waals surface area contributed by atoms with Gasteiger partial charge >= 0.3 is 0 Å². The monoisotopic (exact) mass is 337 g/mol. The summed E-state index contributed by atoms with van der Waals surface area (Å²) in [6.07, 6.45) is 0.626. The molecule has 24 heavy (non-hydrogen) atoms. The zero-order valence-electron chi connectivity index (χ0n) is 12.8. The summed E-state index contributed by atoms with van der Waals surface area (Å²) < 4.78 is 1.56. The zero-order valence-corrected chi connectivity index (χ0v) is 13.7. The number of thioether (sulfide) groups is 1. The van der Waals surface area contributed by atoms with E-state index in [1.54, 1.807) is 34.9 Å². The molecule has 2 aromatic carbocycles. The smallest absolute Gasteiger partial charge is 0.266 e. The number of aromatic nitrogens is 2. The number of hydrogen-bond donors (Lipinski definition) is 1. The molecule has 0 bridgehead atoms. The van der Waals surface area contributed by atoms with Crippen molar-refractivity contribution in [2.24, 2.45) is 0 Å². The summed E-state index contributed by atoms with van der Waals surface area (Å²) in [4.78, 5) is 17.5. The molecule has 1 heterocycles. The number of aliphatic hydroxyl groups excluding tert-OH is 1. The lowest BCUT2D eigenvalue weighted by Crippen LogP contribution is -2.21. The molecule has 1 N–H and O–H groups in total. The first-order valence-electron chi connectivity index (χ1n) is 7.50. The number of rotatable bonds is 5. The predicted octanol–water partition coefficient (Wildman–Crippen LogP) is 2.73. The van der Waals surface area contributed by atoms with Crippen LogP contribution in [0.25, 0.3) is 16.6 Å². The third-order valence-electron chi connectivity index (χ3n) is 3.53. The molecule has 0 atom stereocenters. The lowest BCUT2D eigenvalue weighted by atomic mass is 10.2. The molecule has 0 amide bonds. The Morgan fingerprint density at radius 3 is 2.62 bits per heavy atom. The van der Waals surface area contributed by atoms with Crippen molar-refractivity contribution in [2.75, 3.05) is 12.4 Å². The predicted molar refractivity (Wildman–Crippen MR) is 94.5 cm³/mol. The average molecular weight is 337 g/mol. The van der Waals surface area contributed by atoms with Gasteiger partial charge in [-0.1, -0.05) is 23.9 Å². The van der Waals surface area contributed by atoms with Crippen molar-refractivity contribution in [3.05, 3.63) is 64.4 Å². The maximum absolute atomic E-state index is 12.9. The molecule has 0 radical (unpaired) electrons. The maximum atomic E-state index is 12.9. The van der Waals surface area contributed by atoms with Crippen LogP contribution in [0.5, 0.6) is 0 Å². The van der Waals surface area contributed by atoms with Crippen LogP contribution in [0.1, 0.15) is 12.0 Å². The summed E-state index contributed by atoms with van der Waals surface area (Å²) in [5.74, 6) is 0.664. The molecule has 1 aromatic heterocycles. The van der Waals surface area contributed by atoms with Crippen LogP contribution >= 0.6 is 11.8 Å². The lowest BCUT2D eigenvalue weighted by molar-refractivity contribution is 0.296. The van der Waals surface area contributed by atoms with Crippen molar-refractivity contribution in [3.8, 4) is 11.8 Å². The van der Waals surface area contributed by atoms with E-state index in [4.69, 9.17) is 10.4 Å². The molecule has 3 aromatic rings. The summed E-state index contributed by atoms with van der Waals surface area (Å²) in [6.45, 7) is 0.0989. The number of para-hydroxylation sites is 1. The molecule has 6 heteroatoms. The van der Waals surface area contributed by atoms with E-state index in [1.165, 1.54) is 11.8 Å². The van der Waals surface area contributed by atoms with Crippen molar-refractivity contribution >= 4 is 22.7 Å². The maximum Gasteiger partial charge on any atom is 0.266 e. The Morgan fingerprint density at radius 2 is 1.92 bits per heavy atom. The summed E-state index contributed by atoms with van der Waals surface area (Å²) >= 11 is 1.43. The minimum Gasteiger partial charge on any atom is -0.396 e. The van der Waals surface area contributed by atoms with E-state index in [9.17, 15) is 4.79 Å². The first-order valence-corrected chi connectivity index (χ1v) is 8.49. The molecule has 3 rings (SSSR count). The van der Waals surface area contributed by atoms with Crippen molar-refractivity contribution in [1.82, 2.24) is 9.55 Å². The Balaban J connectivity index is 2.18. The topological polar surface area (TPSA) is 78.9 Å². The number of aliphatic hydroxyl groups is 1. The third-order valence-corrected chi connectivity index (χ3v) is 4.56. The van der Waals surface area contributed by atoms with Gasteiger partial charge in [-0.2, -0.15) is 5.26 Å². The van der Waals surface area contributed by atoms with E-state index >= 15 is 0 Å². The van der Waals surface area contributed by atoms with Gasteiger partial charge < -0.3 is 5.11 Å². The van der Waals surface area contributed by atoms with E-state index in [2.05, 4.69) is 11.1 Å². The van der Waals surface area contributed by atoms with Gasteiger partial charge in [-0.3, -0.25) is 9.36 Å². The van der Waals surface area contributed by atoms with Crippen LogP contribution in [-0.4, -0.2) is 27.0 Å². The van der Waals surface area contributed by atoms with Crippen molar-refractivity contribution in [1.29, 1.82) is 5.26 Å². The molecule has 5 nitrogen and oxygen atoms in total. The Kier molecular flexibility index (Phi) is 4.94. The minimum absolute atomic E-state index is 0.0989. The van der Waals surface area contributed by atoms with Gasteiger partial charge in [-0.05, 0) is 42.8 Å². The Labute approximate surface area is 143 Å². The highest BCUT2D eigenvalue weighted by Gasteiger charge is 2.13. The first-order chi connectivity index (χ1) is 11.7. The van der Waals surface area contributed by atoms with Crippen LogP contribution in [-0.2, 0) is 0 Å². The van der Waals surface area contributed by atoms with Crippen LogP contribution in [0.3, 0.4) is 0 Å². The molecule has 0 aliphatic rings. The fourth-order valence-electron chi connectivity index (χ4n) is 2.35. The molecule has 0 unspecified atom stereocenters. The van der Waals surface area contributed by atoms with E-state index in [1.807, 2.05) is 18.2 Å². The molecular weight excluding hydrogens is 322 g/mol. The van der Waals surface area contributed by atoms with Crippen molar-refractivity contribution in [3.63, 3.8) is 0 Å². The van der Waals surface area contributed by atoms with E-state index < -0.39 is 0 Å². The quantitative estimate of drug-likeness (QED) is 0.440. The third kappa shape index (κ3) is 3.18. The van der Waals surface area contributed by atoms with Gasteiger partial charge in [0, 0.05) is 12.4 Å². The van der Waals surface area contributed by atoms with Gasteiger partial charge in [-0.15, -0.1) is 0 Å². The summed E-state index contributed by atoms with van der Waals surface area (Å²) in [6, 6.07) is 16.2. The Bertz CT molecular complexity index is 959. The van der Waals surface area contributed by atoms with Crippen molar-refractivity contribution in [2.45, 2.75) is 11.6 Å². The SMILES string of the molecule is N#Cc1ccc(-n2c(SCCCO)nc3ccccc3c2=O)cc1. The highest BCUT2D eigenvalue weighted by Crippen LogP contribution is 2.22. The minimum atomic E-state index is -0.142. The molecule has 0 spiro atoms. The molecule has 0 aliphatic heterocycles. The van der Waals surface area contributed by atoms with Gasteiger partial charge in [0.2, 0.25) is 0 Å². The standard InChI is InChI=1S/C18H15N3O2S/c19-12-13-6-8-14(9-7-13)21-17(23)15-4-1-2-5-16(15)20-18(21)24-11-3-10-22/h1-2,4-9,22H,3,10-11H2. The van der Waals surface area contributed by atoms with Crippen molar-refractivity contribution < 1.29 is 5.11 Å². The van der Waals surface area contributed by atoms with Gasteiger partial charge in [-0.25, -0.2) is 4.98 Å². The van der Waals surface area contributed by atoms with Crippen LogP contribution in [0, 0.1) is 11.3 Å². The number of hydrogen-bond acceptors (Lipinski definition) is 5. The molecular formula is C18H15N3O2S. The largest absolute Gasteiger partial charge is 0.396 e. The van der Waals surface area contributed by atoms with E-state index in [-0.39, 0.29) is 12.2 Å². The second kappa shape index (κ2) is 7.30. The highest BCUT2D eigenvalue weighted by atomic mass is 32.2. The summed E-state index contributed by atoms with van der Waals surface area (Å²) in [5.41, 5.74) is 1.72. The Morgan fingerprint density at radius 1 is 1.17 bits per heavy atom. The zero-order chi connectivity index (χ0) is 16.9. The Hall–Kier alpha value is -2.62. The lowest BCUT2D eigenvalue weighted by Gasteiger charge is -2.13. The summed E-state index contributed by atoms with van der Waals surface area (Å²) in [5, 5.41) is 19.0. The van der Waals surface area contributed by atoms with Gasteiger partial charge in [0.25, 0.3) is 5.56 Å². The first kappa shape index (κ1) is 16.2. The molecule has 120 valence electrons. The van der Waals surface area contributed by atoms with Crippen LogP contribution in [0.2, 0.25) is 0 Å². The van der Waals surface area contributed by atoms with Crippen LogP contribution in [0.4, 0.5) is 0 Å². The van der Waals surface area contributed by atoms with Gasteiger partial charge in [0.1, 0.15) is 0 Å². The molecule has 0 fully saturated rings. The molecule has 0 aliphatic carbocycles. The molecule has 0 saturated carbocycles. The average Bonchev–Trinajstić information content (AvgIpc) is 2.62. The molecule has 0 saturated heterocycles. The fraction of sp³-hybridized carbons (Fsp3) is 0.167. The summed E-state index contributed by atoms with van der Waals surface area (Å²) in [7, 11) is 0.